The van der Waals surface area contributed by atoms with Gasteiger partial charge in [0.15, 0.2) is 29.5 Å². The maximum absolute atomic E-state index is 14.8. The van der Waals surface area contributed by atoms with Gasteiger partial charge in [-0.3, -0.25) is 24.2 Å². The molecule has 2 heterocycles. The maximum Gasteiger partial charge on any atom is 0.341 e. The topological polar surface area (TPSA) is 335 Å². The van der Waals surface area contributed by atoms with Crippen molar-refractivity contribution in [2.45, 2.75) is 99.2 Å². The highest BCUT2D eigenvalue weighted by atomic mass is 16.7. The van der Waals surface area contributed by atoms with Crippen LogP contribution in [0, 0.1) is 12.8 Å². The number of benzene rings is 2. The molecule has 0 bridgehead atoms. The molecule has 3 aliphatic carbocycles. The number of hydrogen-bond acceptors (Lipinski definition) is 21. The number of rotatable bonds is 8. The number of Topliss-reactive ketones (excluding diaryl/α,β-unsaturated/α-hetero) is 4. The third kappa shape index (κ3) is 6.21. The number of ketones is 4. The van der Waals surface area contributed by atoms with E-state index < -0.39 is 184 Å². The number of nitrogens with zero attached hydrogens (tertiary/aromatic N) is 1. The van der Waals surface area contributed by atoms with Crippen molar-refractivity contribution < 1.29 is 98.4 Å². The lowest BCUT2D eigenvalue weighted by Gasteiger charge is -2.52. The van der Waals surface area contributed by atoms with Gasteiger partial charge in [0, 0.05) is 37.3 Å². The zero-order valence-electron chi connectivity index (χ0n) is 33.3. The number of carbonyl (C=O) groups excluding carboxylic acids is 5. The number of methoxy groups -OCH3 is 3. The minimum absolute atomic E-state index is 0.0533. The van der Waals surface area contributed by atoms with Crippen LogP contribution in [0.5, 0.6) is 11.5 Å². The van der Waals surface area contributed by atoms with Gasteiger partial charge >= 0.3 is 5.97 Å². The fraction of sp³-hybridized carbons (Fsp3) is 0.550. The first-order valence-corrected chi connectivity index (χ1v) is 19.1. The van der Waals surface area contributed by atoms with Gasteiger partial charge in [0.1, 0.15) is 47.6 Å². The average Bonchev–Trinajstić information content (AvgIpc) is 3.21. The van der Waals surface area contributed by atoms with Crippen LogP contribution < -0.4 is 0 Å². The summed E-state index contributed by atoms with van der Waals surface area (Å²) in [6.07, 6.45) is -16.5. The number of aliphatic hydroxyl groups excluding tert-OH is 6. The normalized spacial score (nSPS) is 36.6. The minimum Gasteiger partial charge on any atom is -0.507 e. The zero-order chi connectivity index (χ0) is 44.8. The number of carbonyl (C=O) groups is 5. The molecule has 13 atom stereocenters. The van der Waals surface area contributed by atoms with Gasteiger partial charge in [-0.1, -0.05) is 6.07 Å². The summed E-state index contributed by atoms with van der Waals surface area (Å²) >= 11 is 0. The molecule has 7 rings (SSSR count). The van der Waals surface area contributed by atoms with Crippen molar-refractivity contribution in [1.82, 2.24) is 0 Å². The van der Waals surface area contributed by atoms with Crippen LogP contribution in [0.15, 0.2) is 17.1 Å². The van der Waals surface area contributed by atoms with Crippen LogP contribution in [0.1, 0.15) is 81.8 Å². The molecule has 21 nitrogen and oxygen atoms in total. The van der Waals surface area contributed by atoms with Gasteiger partial charge in [-0.2, -0.15) is 0 Å². The second-order valence-corrected chi connectivity index (χ2v) is 15.6. The molecule has 2 saturated heterocycles. The molecule has 0 aromatic heterocycles. The van der Waals surface area contributed by atoms with E-state index in [1.54, 1.807) is 0 Å². The smallest absolute Gasteiger partial charge is 0.341 e. The molecular weight excluding hydrogens is 814 g/mol. The Labute approximate surface area is 345 Å². The van der Waals surface area contributed by atoms with E-state index in [1.807, 2.05) is 0 Å². The molecule has 2 fully saturated rings. The van der Waals surface area contributed by atoms with Crippen molar-refractivity contribution in [3.63, 3.8) is 0 Å². The van der Waals surface area contributed by atoms with Crippen molar-refractivity contribution >= 4 is 34.8 Å². The molecule has 0 unspecified atom stereocenters. The Morgan fingerprint density at radius 2 is 1.57 bits per heavy atom. The van der Waals surface area contributed by atoms with Gasteiger partial charge in [-0.25, -0.2) is 4.79 Å². The molecule has 61 heavy (non-hydrogen) atoms. The van der Waals surface area contributed by atoms with Gasteiger partial charge < -0.3 is 74.4 Å². The molecule has 2 aromatic rings. The molecule has 330 valence electrons. The molecular formula is C40H45NO20. The molecule has 2 aliphatic heterocycles. The van der Waals surface area contributed by atoms with Crippen molar-refractivity contribution in [1.29, 1.82) is 0 Å². The molecule has 0 radical (unpaired) electrons. The number of phenols is 2. The Balaban J connectivity index is 1.31. The number of aliphatic hydroxyl groups is 7. The molecule has 0 saturated carbocycles. The zero-order valence-corrected chi connectivity index (χ0v) is 33.3. The van der Waals surface area contributed by atoms with E-state index in [0.29, 0.717) is 0 Å². The van der Waals surface area contributed by atoms with E-state index in [4.69, 9.17) is 28.4 Å². The molecule has 0 spiro atoms. The average molecular weight is 860 g/mol. The van der Waals surface area contributed by atoms with Crippen molar-refractivity contribution in [2.24, 2.45) is 10.9 Å². The van der Waals surface area contributed by atoms with Gasteiger partial charge in [0.2, 0.25) is 17.3 Å². The fourth-order valence-electron chi connectivity index (χ4n) is 9.43. The van der Waals surface area contributed by atoms with Gasteiger partial charge in [-0.15, -0.1) is 0 Å². The third-order valence-corrected chi connectivity index (χ3v) is 12.5. The summed E-state index contributed by atoms with van der Waals surface area (Å²) in [5, 5.41) is 98.8. The van der Waals surface area contributed by atoms with E-state index in [1.165, 1.54) is 27.0 Å². The predicted molar refractivity (Wildman–Crippen MR) is 199 cm³/mol. The lowest BCUT2D eigenvalue weighted by molar-refractivity contribution is -0.337. The number of ether oxygens (including phenoxy) is 6. The van der Waals surface area contributed by atoms with Gasteiger partial charge in [0.25, 0.3) is 0 Å². The highest BCUT2D eigenvalue weighted by molar-refractivity contribution is 6.53. The van der Waals surface area contributed by atoms with E-state index in [-0.39, 0.29) is 11.1 Å². The van der Waals surface area contributed by atoms with Crippen LogP contribution >= 0.6 is 0 Å². The molecule has 9 N–H and O–H groups in total. The number of aryl methyl sites for hydroxylation is 1. The lowest BCUT2D eigenvalue weighted by Crippen LogP contribution is -2.73. The molecule has 5 aliphatic rings. The van der Waals surface area contributed by atoms with Crippen molar-refractivity contribution in [3.05, 3.63) is 56.6 Å². The monoisotopic (exact) mass is 859 g/mol. The van der Waals surface area contributed by atoms with E-state index in [0.717, 1.165) is 20.3 Å². The number of esters is 1. The first-order chi connectivity index (χ1) is 28.8. The first kappa shape index (κ1) is 44.4. The number of fused-ring (bicyclic) bond motifs is 5. The number of aliphatic imine (C=N–C) groups is 1. The summed E-state index contributed by atoms with van der Waals surface area (Å²) in [4.78, 5) is 74.7. The Bertz CT molecular complexity index is 2240. The Morgan fingerprint density at radius 3 is 2.18 bits per heavy atom. The third-order valence-electron chi connectivity index (χ3n) is 12.5. The summed E-state index contributed by atoms with van der Waals surface area (Å²) in [6, 6.07) is 2.08. The fourth-order valence-corrected chi connectivity index (χ4v) is 9.43. The second kappa shape index (κ2) is 15.9. The SMILES string of the molecule is COC(=O)c1c(C)cc2c(c1O)[C@]1(O)C(=O)c3cc4c(c(O)c3C(=O)[C@]1(OC)[C@H](O)C2)C(=O)CC(=N[C@H]1O[C@@H](C)[C@H](OC)[C@@H](O[C@@H]2O[C@H](CO)[C@@H](O)[C@H](O)[C@H]2O)[C@H]1CO)C4=O. The van der Waals surface area contributed by atoms with E-state index >= 15 is 0 Å². The van der Waals surface area contributed by atoms with Crippen molar-refractivity contribution in [3.8, 4) is 11.5 Å². The van der Waals surface area contributed by atoms with Crippen LogP contribution in [-0.2, 0) is 40.4 Å². The summed E-state index contributed by atoms with van der Waals surface area (Å²) in [5.41, 5.74) is -10.9. The number of hydrogen-bond donors (Lipinski definition) is 9. The predicted octanol–water partition coefficient (Wildman–Crippen LogP) is -2.47. The minimum atomic E-state index is -3.31. The van der Waals surface area contributed by atoms with Gasteiger partial charge in [-0.05, 0) is 31.0 Å². The number of aromatic hydroxyl groups is 2. The van der Waals surface area contributed by atoms with Crippen LogP contribution in [0.3, 0.4) is 0 Å². The van der Waals surface area contributed by atoms with Crippen LogP contribution in [0.2, 0.25) is 0 Å². The van der Waals surface area contributed by atoms with Crippen LogP contribution in [-0.4, -0.2) is 182 Å². The van der Waals surface area contributed by atoms with E-state index in [2.05, 4.69) is 4.99 Å². The quantitative estimate of drug-likeness (QED) is 0.124. The Hall–Kier alpha value is -4.62. The van der Waals surface area contributed by atoms with E-state index in [9.17, 15) is 69.9 Å². The summed E-state index contributed by atoms with van der Waals surface area (Å²) in [6.45, 7) is 1.39. The van der Waals surface area contributed by atoms with Crippen LogP contribution in [0.25, 0.3) is 0 Å². The summed E-state index contributed by atoms with van der Waals surface area (Å²) in [7, 11) is 3.19. The molecule has 21 heteroatoms. The van der Waals surface area contributed by atoms with Crippen LogP contribution in [0.4, 0.5) is 0 Å². The maximum atomic E-state index is 14.8. The second-order valence-electron chi connectivity index (χ2n) is 15.6. The summed E-state index contributed by atoms with van der Waals surface area (Å²) in [5.74, 6) is -9.32. The largest absolute Gasteiger partial charge is 0.507 e. The lowest BCUT2D eigenvalue weighted by atomic mass is 9.56. The number of phenolic OH excluding ortho intramolecular Hbond substituents is 2. The summed E-state index contributed by atoms with van der Waals surface area (Å²) < 4.78 is 33.4. The van der Waals surface area contributed by atoms with Gasteiger partial charge in [0.05, 0.1) is 67.8 Å². The Morgan fingerprint density at radius 1 is 0.885 bits per heavy atom. The molecule has 0 amide bonds. The highest BCUT2D eigenvalue weighted by Gasteiger charge is 2.73. The molecule has 2 aromatic carbocycles. The Kier molecular flexibility index (Phi) is 11.6. The standard InChI is InChI=1S/C40H45NO20/c1-12-6-14-7-21(45)40(58-5)35(53)24-16(34(52)39(40,55)25(14)29(49)22(12)37(54)57-4)8-15-23(28(24)48)19(44)9-18(26(15)46)41-36-17(10-42)33(32(56-3)13(2)59-36)61-38-31(51)30(50)27(47)20(11-43)60-38/h6,8,13,17,20-21,27,30-33,36,38,42-43,45,47-51,55H,7,9-11H2,1-5H3/t13-,17+,20+,21+,27+,30-,31+,32-,33-,36-,38-,39-,40+/m0/s1. The highest BCUT2D eigenvalue weighted by Crippen LogP contribution is 2.56. The first-order valence-electron chi connectivity index (χ1n) is 19.1. The van der Waals surface area contributed by atoms with Crippen molar-refractivity contribution in [2.75, 3.05) is 34.5 Å².